The van der Waals surface area contributed by atoms with E-state index in [-0.39, 0.29) is 18.1 Å². The highest BCUT2D eigenvalue weighted by atomic mass is 35.5. The van der Waals surface area contributed by atoms with Gasteiger partial charge in [-0.3, -0.25) is 10.2 Å². The van der Waals surface area contributed by atoms with Crippen LogP contribution in [0.15, 0.2) is 53.6 Å². The third-order valence-electron chi connectivity index (χ3n) is 5.87. The molecule has 184 valence electrons. The second-order valence-electron chi connectivity index (χ2n) is 8.48. The highest BCUT2D eigenvalue weighted by Gasteiger charge is 2.42. The lowest BCUT2D eigenvalue weighted by molar-refractivity contribution is -0.154. The van der Waals surface area contributed by atoms with Crippen molar-refractivity contribution in [1.82, 2.24) is 19.1 Å². The van der Waals surface area contributed by atoms with Crippen LogP contribution in [0.25, 0.3) is 10.9 Å². The predicted octanol–water partition coefficient (Wildman–Crippen LogP) is 2.19. The standard InChI is InChI=1S/C23H24ClN5O5S/c1-27(2)22(25)15-5-3-14(4-6-15)11-29-19(23(31)32)12-28(13-21(29)30)35(33,34)20-10-16-9-17(24)7-8-18(16)26-20/h3-10,19,25-26H,11-13H2,1-2H3,(H,31,32)/t19-/m1/s1. The average Bonchev–Trinajstić information content (AvgIpc) is 3.24. The van der Waals surface area contributed by atoms with Gasteiger partial charge in [0.25, 0.3) is 10.0 Å². The molecule has 4 rings (SSSR count). The van der Waals surface area contributed by atoms with Crippen LogP contribution in [0.5, 0.6) is 0 Å². The number of fused-ring (bicyclic) bond motifs is 1. The number of aliphatic carboxylic acids is 1. The van der Waals surface area contributed by atoms with Gasteiger partial charge in [0.15, 0.2) is 0 Å². The number of piperazine rings is 1. The molecule has 1 atom stereocenters. The van der Waals surface area contributed by atoms with Gasteiger partial charge in [0.05, 0.1) is 6.54 Å². The normalized spacial score (nSPS) is 17.1. The fraction of sp³-hybridized carbons (Fsp3) is 0.261. The zero-order valence-electron chi connectivity index (χ0n) is 19.0. The lowest BCUT2D eigenvalue weighted by Crippen LogP contribution is -2.60. The molecular weight excluding hydrogens is 494 g/mol. The minimum Gasteiger partial charge on any atom is -0.480 e. The van der Waals surface area contributed by atoms with E-state index in [0.717, 1.165) is 4.31 Å². The molecule has 1 aliphatic rings. The number of carbonyl (C=O) groups is 2. The van der Waals surface area contributed by atoms with Gasteiger partial charge in [-0.15, -0.1) is 0 Å². The van der Waals surface area contributed by atoms with Crippen molar-refractivity contribution >= 4 is 50.2 Å². The molecular formula is C23H24ClN5O5S. The van der Waals surface area contributed by atoms with Crippen molar-refractivity contribution in [2.75, 3.05) is 27.2 Å². The van der Waals surface area contributed by atoms with Crippen molar-refractivity contribution < 1.29 is 23.1 Å². The van der Waals surface area contributed by atoms with Gasteiger partial charge < -0.3 is 19.9 Å². The number of amidine groups is 1. The van der Waals surface area contributed by atoms with Crippen LogP contribution in [0, 0.1) is 5.41 Å². The summed E-state index contributed by atoms with van der Waals surface area (Å²) in [7, 11) is -0.650. The number of carboxylic acid groups (broad SMARTS) is 1. The number of carboxylic acids is 1. The molecule has 1 saturated heterocycles. The van der Waals surface area contributed by atoms with E-state index in [4.69, 9.17) is 17.0 Å². The van der Waals surface area contributed by atoms with Gasteiger partial charge in [0, 0.05) is 48.7 Å². The SMILES string of the molecule is CN(C)C(=N)c1ccc(CN2C(=O)CN(S(=O)(=O)c3cc4cc(Cl)ccc4[nH]3)C[C@@H]2C(=O)O)cc1. The van der Waals surface area contributed by atoms with E-state index in [2.05, 4.69) is 4.98 Å². The summed E-state index contributed by atoms with van der Waals surface area (Å²) in [6, 6.07) is 11.8. The van der Waals surface area contributed by atoms with E-state index in [1.54, 1.807) is 61.5 Å². The van der Waals surface area contributed by atoms with Crippen LogP contribution < -0.4 is 0 Å². The number of benzene rings is 2. The summed E-state index contributed by atoms with van der Waals surface area (Å²) in [6.07, 6.45) is 0. The van der Waals surface area contributed by atoms with Crippen LogP contribution in [-0.4, -0.2) is 83.6 Å². The van der Waals surface area contributed by atoms with Gasteiger partial charge in [-0.25, -0.2) is 13.2 Å². The second kappa shape index (κ2) is 9.33. The lowest BCUT2D eigenvalue weighted by Gasteiger charge is -2.38. The van der Waals surface area contributed by atoms with Crippen molar-refractivity contribution in [1.29, 1.82) is 5.41 Å². The summed E-state index contributed by atoms with van der Waals surface area (Å²) in [5.41, 5.74) is 1.90. The van der Waals surface area contributed by atoms with Crippen molar-refractivity contribution in [3.05, 3.63) is 64.7 Å². The van der Waals surface area contributed by atoms with Gasteiger partial charge in [0.2, 0.25) is 5.91 Å². The third-order valence-corrected chi connectivity index (χ3v) is 7.84. The molecule has 0 spiro atoms. The minimum atomic E-state index is -4.16. The fourth-order valence-corrected chi connectivity index (χ4v) is 5.53. The molecule has 3 N–H and O–H groups in total. The Balaban J connectivity index is 1.56. The van der Waals surface area contributed by atoms with E-state index >= 15 is 0 Å². The number of carbonyl (C=O) groups excluding carboxylic acids is 1. The Morgan fingerprint density at radius 3 is 2.51 bits per heavy atom. The number of aromatic amines is 1. The molecule has 2 heterocycles. The summed E-state index contributed by atoms with van der Waals surface area (Å²) in [4.78, 5) is 30.6. The summed E-state index contributed by atoms with van der Waals surface area (Å²) in [5, 5.41) is 18.7. The Morgan fingerprint density at radius 1 is 1.20 bits per heavy atom. The second-order valence-corrected chi connectivity index (χ2v) is 10.8. The Morgan fingerprint density at radius 2 is 1.89 bits per heavy atom. The van der Waals surface area contributed by atoms with Gasteiger partial charge in [-0.05, 0) is 29.8 Å². The Hall–Kier alpha value is -3.41. The van der Waals surface area contributed by atoms with Crippen molar-refractivity contribution in [3.63, 3.8) is 0 Å². The monoisotopic (exact) mass is 517 g/mol. The molecule has 1 fully saturated rings. The zero-order valence-corrected chi connectivity index (χ0v) is 20.6. The van der Waals surface area contributed by atoms with E-state index in [0.29, 0.717) is 32.9 Å². The van der Waals surface area contributed by atoms with Crippen molar-refractivity contribution in [3.8, 4) is 0 Å². The Bertz CT molecular complexity index is 1420. The molecule has 0 bridgehead atoms. The lowest BCUT2D eigenvalue weighted by atomic mass is 10.1. The number of sulfonamides is 1. The van der Waals surface area contributed by atoms with Crippen LogP contribution in [0.3, 0.4) is 0 Å². The van der Waals surface area contributed by atoms with Crippen LogP contribution >= 0.6 is 11.6 Å². The van der Waals surface area contributed by atoms with Crippen molar-refractivity contribution in [2.24, 2.45) is 0 Å². The topological polar surface area (TPSA) is 138 Å². The molecule has 10 nitrogen and oxygen atoms in total. The Kier molecular flexibility index (Phi) is 6.58. The molecule has 35 heavy (non-hydrogen) atoms. The first-order valence-electron chi connectivity index (χ1n) is 10.6. The first-order chi connectivity index (χ1) is 16.5. The number of amides is 1. The van der Waals surface area contributed by atoms with E-state index in [1.807, 2.05) is 0 Å². The number of rotatable bonds is 6. The van der Waals surface area contributed by atoms with Gasteiger partial charge in [0.1, 0.15) is 16.9 Å². The van der Waals surface area contributed by atoms with Crippen LogP contribution in [0.2, 0.25) is 5.02 Å². The average molecular weight is 518 g/mol. The number of nitrogens with one attached hydrogen (secondary N) is 2. The highest BCUT2D eigenvalue weighted by molar-refractivity contribution is 7.89. The molecule has 0 radical (unpaired) electrons. The molecule has 0 aliphatic carbocycles. The zero-order chi connectivity index (χ0) is 25.5. The molecule has 12 heteroatoms. The van der Waals surface area contributed by atoms with Crippen LogP contribution in [-0.2, 0) is 26.2 Å². The van der Waals surface area contributed by atoms with E-state index in [1.165, 1.54) is 11.0 Å². The molecule has 0 unspecified atom stereocenters. The largest absolute Gasteiger partial charge is 0.480 e. The molecule has 0 saturated carbocycles. The van der Waals surface area contributed by atoms with E-state index in [9.17, 15) is 23.1 Å². The predicted molar refractivity (Wildman–Crippen MR) is 131 cm³/mol. The third kappa shape index (κ3) is 4.88. The number of nitrogens with zero attached hydrogens (tertiary/aromatic N) is 3. The maximum absolute atomic E-state index is 13.3. The Labute approximate surface area is 207 Å². The van der Waals surface area contributed by atoms with Gasteiger partial charge in [-0.1, -0.05) is 35.9 Å². The maximum Gasteiger partial charge on any atom is 0.327 e. The number of H-pyrrole nitrogens is 1. The number of aromatic nitrogens is 1. The maximum atomic E-state index is 13.3. The smallest absolute Gasteiger partial charge is 0.327 e. The summed E-state index contributed by atoms with van der Waals surface area (Å²) in [6.45, 7) is -0.862. The minimum absolute atomic E-state index is 0.00412. The number of halogens is 1. The quantitative estimate of drug-likeness (QED) is 0.338. The number of hydrogen-bond donors (Lipinski definition) is 3. The molecule has 1 amide bonds. The van der Waals surface area contributed by atoms with Crippen LogP contribution in [0.4, 0.5) is 0 Å². The molecule has 3 aromatic rings. The first-order valence-corrected chi connectivity index (χ1v) is 12.4. The van der Waals surface area contributed by atoms with Crippen molar-refractivity contribution in [2.45, 2.75) is 17.6 Å². The summed E-state index contributed by atoms with van der Waals surface area (Å²) in [5.74, 6) is -1.60. The van der Waals surface area contributed by atoms with Gasteiger partial charge >= 0.3 is 5.97 Å². The molecule has 2 aromatic carbocycles. The first kappa shape index (κ1) is 24.7. The highest BCUT2D eigenvalue weighted by Crippen LogP contribution is 2.26. The summed E-state index contributed by atoms with van der Waals surface area (Å²) < 4.78 is 27.4. The van der Waals surface area contributed by atoms with Crippen LogP contribution in [0.1, 0.15) is 11.1 Å². The van der Waals surface area contributed by atoms with E-state index < -0.39 is 34.5 Å². The number of hydrogen-bond acceptors (Lipinski definition) is 5. The molecule has 1 aliphatic heterocycles. The fourth-order valence-electron chi connectivity index (χ4n) is 3.94. The van der Waals surface area contributed by atoms with Gasteiger partial charge in [-0.2, -0.15) is 4.31 Å². The molecule has 1 aromatic heterocycles. The summed E-state index contributed by atoms with van der Waals surface area (Å²) >= 11 is 5.98.